The van der Waals surface area contributed by atoms with Crippen LogP contribution in [0, 0.1) is 18.2 Å². The van der Waals surface area contributed by atoms with E-state index in [-0.39, 0.29) is 16.7 Å². The average Bonchev–Trinajstić information content (AvgIpc) is 3.11. The van der Waals surface area contributed by atoms with Crippen LogP contribution in [0.25, 0.3) is 0 Å². The molecule has 0 saturated carbocycles. The Morgan fingerprint density at radius 2 is 1.64 bits per heavy atom. The molecule has 170 valence electrons. The van der Waals surface area contributed by atoms with Crippen LogP contribution in [0.2, 0.25) is 0 Å². The number of benzene rings is 2. The fraction of sp³-hybridized carbons (Fsp3) is 0.240. The van der Waals surface area contributed by atoms with E-state index in [0.717, 1.165) is 17.0 Å². The second-order valence-electron chi connectivity index (χ2n) is 8.80. The van der Waals surface area contributed by atoms with E-state index >= 15 is 0 Å². The lowest BCUT2D eigenvalue weighted by Gasteiger charge is -2.29. The first-order valence-electron chi connectivity index (χ1n) is 10.6. The molecule has 1 aromatic heterocycles. The van der Waals surface area contributed by atoms with E-state index in [2.05, 4.69) is 35.2 Å². The van der Waals surface area contributed by atoms with Crippen molar-refractivity contribution in [2.24, 2.45) is 10.5 Å². The highest BCUT2D eigenvalue weighted by Gasteiger charge is 2.36. The lowest BCUT2D eigenvalue weighted by molar-refractivity contribution is 0.0826. The lowest BCUT2D eigenvalue weighted by atomic mass is 9.75. The van der Waals surface area contributed by atoms with Gasteiger partial charge in [-0.15, -0.1) is 0 Å². The molecule has 0 saturated heterocycles. The van der Waals surface area contributed by atoms with Gasteiger partial charge >= 0.3 is 5.91 Å². The first-order valence-corrected chi connectivity index (χ1v) is 10.6. The monoisotopic (exact) mass is 448 g/mol. The number of rotatable bonds is 4. The molecule has 3 aromatic rings. The van der Waals surface area contributed by atoms with Crippen molar-refractivity contribution >= 4 is 23.2 Å². The highest BCUT2D eigenvalue weighted by atomic mass is 19.1. The molecule has 1 aliphatic rings. The van der Waals surface area contributed by atoms with Crippen LogP contribution in [0.15, 0.2) is 64.1 Å². The van der Waals surface area contributed by atoms with Gasteiger partial charge in [-0.25, -0.2) is 4.39 Å². The standard InChI is InChI=1S/C25H25FN4O3/c1-15-21-19(28-27-16-9-5-4-6-10-16)13-25(2,3)14-20(21)33-22(15)24(32)30-29-23(31)17-11-7-8-12-18(17)26/h4-12,27H,13-14H2,1-3H3,(H,29,31)(H,30,32)/b28-19-. The smallest absolute Gasteiger partial charge is 0.305 e. The van der Waals surface area contributed by atoms with Crippen molar-refractivity contribution in [1.29, 1.82) is 0 Å². The van der Waals surface area contributed by atoms with Gasteiger partial charge in [-0.2, -0.15) is 5.10 Å². The number of fused-ring (bicyclic) bond motifs is 1. The number of hydrogen-bond donors (Lipinski definition) is 3. The molecular weight excluding hydrogens is 423 g/mol. The number of para-hydroxylation sites is 1. The van der Waals surface area contributed by atoms with Crippen LogP contribution in [-0.4, -0.2) is 17.5 Å². The van der Waals surface area contributed by atoms with Gasteiger partial charge < -0.3 is 4.42 Å². The van der Waals surface area contributed by atoms with Gasteiger partial charge in [0, 0.05) is 17.5 Å². The SMILES string of the molecule is Cc1c(C(=O)NNC(=O)c2ccccc2F)oc2c1/C(=N\Nc1ccccc1)CC(C)(C)C2. The number of furan rings is 1. The highest BCUT2D eigenvalue weighted by molar-refractivity contribution is 6.07. The van der Waals surface area contributed by atoms with Gasteiger partial charge in [0.2, 0.25) is 0 Å². The molecule has 2 aromatic carbocycles. The van der Waals surface area contributed by atoms with E-state index in [0.29, 0.717) is 24.2 Å². The molecular formula is C25H25FN4O3. The molecule has 3 N–H and O–H groups in total. The van der Waals surface area contributed by atoms with Gasteiger partial charge in [-0.05, 0) is 43.0 Å². The van der Waals surface area contributed by atoms with Crippen LogP contribution in [0.4, 0.5) is 10.1 Å². The van der Waals surface area contributed by atoms with Crippen molar-refractivity contribution in [3.8, 4) is 0 Å². The number of anilines is 1. The zero-order valence-electron chi connectivity index (χ0n) is 18.7. The summed E-state index contributed by atoms with van der Waals surface area (Å²) in [4.78, 5) is 25.0. The Morgan fingerprint density at radius 3 is 2.36 bits per heavy atom. The Bertz CT molecular complexity index is 1230. The molecule has 33 heavy (non-hydrogen) atoms. The number of amides is 2. The van der Waals surface area contributed by atoms with Crippen LogP contribution in [0.1, 0.15) is 58.1 Å². The van der Waals surface area contributed by atoms with E-state index < -0.39 is 17.6 Å². The van der Waals surface area contributed by atoms with Crippen molar-refractivity contribution in [3.05, 3.63) is 88.6 Å². The fourth-order valence-electron chi connectivity index (χ4n) is 3.95. The summed E-state index contributed by atoms with van der Waals surface area (Å²) in [6, 6.07) is 15.1. The summed E-state index contributed by atoms with van der Waals surface area (Å²) < 4.78 is 19.7. The van der Waals surface area contributed by atoms with Crippen molar-refractivity contribution in [2.75, 3.05) is 5.43 Å². The second-order valence-corrected chi connectivity index (χ2v) is 8.80. The molecule has 0 atom stereocenters. The quantitative estimate of drug-likeness (QED) is 0.509. The first kappa shape index (κ1) is 22.3. The molecule has 0 aliphatic heterocycles. The summed E-state index contributed by atoms with van der Waals surface area (Å²) >= 11 is 0. The Hall–Kier alpha value is -3.94. The molecule has 2 amide bonds. The van der Waals surface area contributed by atoms with E-state index in [1.54, 1.807) is 6.92 Å². The van der Waals surface area contributed by atoms with Crippen LogP contribution < -0.4 is 16.3 Å². The van der Waals surface area contributed by atoms with Gasteiger partial charge in [0.15, 0.2) is 5.76 Å². The van der Waals surface area contributed by atoms with Crippen molar-refractivity contribution in [3.63, 3.8) is 0 Å². The van der Waals surface area contributed by atoms with E-state index in [4.69, 9.17) is 4.42 Å². The lowest BCUT2D eigenvalue weighted by Crippen LogP contribution is -2.42. The van der Waals surface area contributed by atoms with E-state index in [1.807, 2.05) is 30.3 Å². The first-order chi connectivity index (χ1) is 15.7. The second kappa shape index (κ2) is 8.90. The van der Waals surface area contributed by atoms with Crippen molar-refractivity contribution in [1.82, 2.24) is 10.9 Å². The number of carbonyl (C=O) groups excluding carboxylic acids is 2. The maximum atomic E-state index is 13.8. The number of carbonyl (C=O) groups is 2. The minimum absolute atomic E-state index is 0.0824. The molecule has 0 radical (unpaired) electrons. The van der Waals surface area contributed by atoms with Crippen LogP contribution >= 0.6 is 0 Å². The molecule has 0 spiro atoms. The molecule has 1 heterocycles. The summed E-state index contributed by atoms with van der Waals surface area (Å²) in [5, 5.41) is 4.61. The Labute approximate surface area is 191 Å². The molecule has 0 fully saturated rings. The number of nitrogens with one attached hydrogen (secondary N) is 3. The molecule has 1 aliphatic carbocycles. The number of nitrogens with zero attached hydrogens (tertiary/aromatic N) is 1. The third kappa shape index (κ3) is 4.79. The zero-order valence-corrected chi connectivity index (χ0v) is 18.7. The van der Waals surface area contributed by atoms with Crippen LogP contribution in [0.3, 0.4) is 0 Å². The number of hydrazone groups is 1. The fourth-order valence-corrected chi connectivity index (χ4v) is 3.95. The number of halogens is 1. The third-order valence-electron chi connectivity index (χ3n) is 5.50. The number of hydrogen-bond acceptors (Lipinski definition) is 5. The average molecular weight is 448 g/mol. The number of hydrazine groups is 1. The summed E-state index contributed by atoms with van der Waals surface area (Å²) in [7, 11) is 0. The summed E-state index contributed by atoms with van der Waals surface area (Å²) in [5.74, 6) is -1.31. The van der Waals surface area contributed by atoms with Gasteiger partial charge in [-0.3, -0.25) is 25.9 Å². The summed E-state index contributed by atoms with van der Waals surface area (Å²) in [6.45, 7) is 6.01. The van der Waals surface area contributed by atoms with Gasteiger partial charge in [-0.1, -0.05) is 44.2 Å². The van der Waals surface area contributed by atoms with Crippen LogP contribution in [0.5, 0.6) is 0 Å². The van der Waals surface area contributed by atoms with Gasteiger partial charge in [0.1, 0.15) is 11.6 Å². The summed E-state index contributed by atoms with van der Waals surface area (Å²) in [5.41, 5.74) is 10.4. The molecule has 8 heteroatoms. The molecule has 0 bridgehead atoms. The normalized spacial score (nSPS) is 15.6. The predicted molar refractivity (Wildman–Crippen MR) is 123 cm³/mol. The Kier molecular flexibility index (Phi) is 6.00. The molecule has 0 unspecified atom stereocenters. The maximum Gasteiger partial charge on any atom is 0.305 e. The summed E-state index contributed by atoms with van der Waals surface area (Å²) in [6.07, 6.45) is 1.34. The van der Waals surface area contributed by atoms with E-state index in [9.17, 15) is 14.0 Å². The topological polar surface area (TPSA) is 95.7 Å². The third-order valence-corrected chi connectivity index (χ3v) is 5.50. The largest absolute Gasteiger partial charge is 0.455 e. The van der Waals surface area contributed by atoms with Crippen molar-refractivity contribution < 1.29 is 18.4 Å². The Morgan fingerprint density at radius 1 is 0.970 bits per heavy atom. The molecule has 4 rings (SSSR count). The van der Waals surface area contributed by atoms with Crippen molar-refractivity contribution in [2.45, 2.75) is 33.6 Å². The van der Waals surface area contributed by atoms with Crippen LogP contribution in [-0.2, 0) is 6.42 Å². The zero-order chi connectivity index (χ0) is 23.6. The minimum atomic E-state index is -0.758. The Balaban J connectivity index is 1.56. The highest BCUT2D eigenvalue weighted by Crippen LogP contribution is 2.39. The predicted octanol–water partition coefficient (Wildman–Crippen LogP) is 4.59. The maximum absolute atomic E-state index is 13.8. The van der Waals surface area contributed by atoms with Gasteiger partial charge in [0.25, 0.3) is 5.91 Å². The van der Waals surface area contributed by atoms with E-state index in [1.165, 1.54) is 24.3 Å². The van der Waals surface area contributed by atoms with Gasteiger partial charge in [0.05, 0.1) is 17.0 Å². The minimum Gasteiger partial charge on any atom is -0.455 e. The molecule has 7 nitrogen and oxygen atoms in total.